The van der Waals surface area contributed by atoms with E-state index in [1.807, 2.05) is 18.2 Å². The van der Waals surface area contributed by atoms with Crippen molar-refractivity contribution in [3.63, 3.8) is 0 Å². The molecule has 0 atom stereocenters. The summed E-state index contributed by atoms with van der Waals surface area (Å²) in [5.41, 5.74) is 1.43. The summed E-state index contributed by atoms with van der Waals surface area (Å²) in [4.78, 5) is 4.14. The minimum Gasteiger partial charge on any atom is -0.508 e. The van der Waals surface area contributed by atoms with E-state index in [0.717, 1.165) is 10.9 Å². The summed E-state index contributed by atoms with van der Waals surface area (Å²) in [7, 11) is 0. The van der Waals surface area contributed by atoms with Crippen molar-refractivity contribution < 1.29 is 5.11 Å². The molecule has 68 valence electrons. The highest BCUT2D eigenvalue weighted by atomic mass is 16.3. The number of nitriles is 1. The smallest absolute Gasteiger partial charge is 0.120 e. The monoisotopic (exact) mass is 184 g/mol. The molecule has 3 heteroatoms. The first-order valence-corrected chi connectivity index (χ1v) is 4.25. The van der Waals surface area contributed by atoms with Crippen molar-refractivity contribution in [3.8, 4) is 11.8 Å². The second-order valence-corrected chi connectivity index (χ2v) is 3.01. The predicted molar refractivity (Wildman–Crippen MR) is 52.7 cm³/mol. The third-order valence-electron chi connectivity index (χ3n) is 2.07. The fraction of sp³-hybridized carbons (Fsp3) is 0.0909. The highest BCUT2D eigenvalue weighted by molar-refractivity contribution is 5.81. The molecule has 0 aliphatic heterocycles. The molecule has 1 aromatic carbocycles. The minimum absolute atomic E-state index is 0.159. The topological polar surface area (TPSA) is 56.9 Å². The van der Waals surface area contributed by atoms with Gasteiger partial charge in [0.2, 0.25) is 0 Å². The molecule has 0 aliphatic carbocycles. The van der Waals surface area contributed by atoms with Crippen molar-refractivity contribution in [2.45, 2.75) is 6.42 Å². The van der Waals surface area contributed by atoms with Crippen LogP contribution in [0.3, 0.4) is 0 Å². The minimum atomic E-state index is 0.159. The molecule has 0 aliphatic rings. The average Bonchev–Trinajstić information content (AvgIpc) is 2.19. The van der Waals surface area contributed by atoms with E-state index < -0.39 is 0 Å². The molecule has 0 bridgehead atoms. The van der Waals surface area contributed by atoms with Crippen LogP contribution in [0.25, 0.3) is 10.9 Å². The van der Waals surface area contributed by atoms with Gasteiger partial charge >= 0.3 is 0 Å². The largest absolute Gasteiger partial charge is 0.508 e. The lowest BCUT2D eigenvalue weighted by Gasteiger charge is -2.02. The van der Waals surface area contributed by atoms with Gasteiger partial charge in [0, 0.05) is 17.1 Å². The number of aromatic nitrogens is 1. The van der Waals surface area contributed by atoms with Crippen LogP contribution in [-0.4, -0.2) is 10.1 Å². The van der Waals surface area contributed by atoms with Gasteiger partial charge in [0.05, 0.1) is 18.0 Å². The number of nitrogens with zero attached hydrogens (tertiary/aromatic N) is 2. The predicted octanol–water partition coefficient (Wildman–Crippen LogP) is 2.01. The number of hydrogen-bond donors (Lipinski definition) is 1. The maximum Gasteiger partial charge on any atom is 0.120 e. The quantitative estimate of drug-likeness (QED) is 0.737. The summed E-state index contributed by atoms with van der Waals surface area (Å²) in [6.07, 6.45) is 1.90. The Hall–Kier alpha value is -2.08. The fourth-order valence-corrected chi connectivity index (χ4v) is 1.38. The molecular weight excluding hydrogens is 176 g/mol. The van der Waals surface area contributed by atoms with Gasteiger partial charge in [-0.15, -0.1) is 0 Å². The van der Waals surface area contributed by atoms with Crippen LogP contribution in [0, 0.1) is 11.3 Å². The lowest BCUT2D eigenvalue weighted by molar-refractivity contribution is 0.471. The van der Waals surface area contributed by atoms with Crippen molar-refractivity contribution in [3.05, 3.63) is 36.0 Å². The first-order chi connectivity index (χ1) is 6.81. The zero-order chi connectivity index (χ0) is 9.97. The molecule has 3 nitrogen and oxygen atoms in total. The number of phenolic OH excluding ortho intramolecular Hbond substituents is 1. The highest BCUT2D eigenvalue weighted by Crippen LogP contribution is 2.23. The van der Waals surface area contributed by atoms with Crippen LogP contribution in [0.1, 0.15) is 5.56 Å². The third-order valence-corrected chi connectivity index (χ3v) is 2.07. The lowest BCUT2D eigenvalue weighted by Crippen LogP contribution is -1.85. The molecule has 1 aromatic heterocycles. The van der Waals surface area contributed by atoms with Crippen molar-refractivity contribution in [1.29, 1.82) is 5.26 Å². The van der Waals surface area contributed by atoms with Gasteiger partial charge < -0.3 is 5.11 Å². The number of phenols is 1. The second-order valence-electron chi connectivity index (χ2n) is 3.01. The molecule has 2 rings (SSSR count). The Labute approximate surface area is 81.2 Å². The zero-order valence-corrected chi connectivity index (χ0v) is 7.44. The Morgan fingerprint density at radius 1 is 1.43 bits per heavy atom. The second kappa shape index (κ2) is 3.35. The SMILES string of the molecule is N#CCc1cc2ncccc2cc1O. The first kappa shape index (κ1) is 8.52. The van der Waals surface area contributed by atoms with Gasteiger partial charge in [-0.2, -0.15) is 5.26 Å². The molecule has 0 amide bonds. The number of aromatic hydroxyl groups is 1. The number of pyridine rings is 1. The van der Waals surface area contributed by atoms with Crippen LogP contribution in [-0.2, 0) is 6.42 Å². The van der Waals surface area contributed by atoms with Crippen LogP contribution in [0.4, 0.5) is 0 Å². The van der Waals surface area contributed by atoms with Crippen LogP contribution in [0.2, 0.25) is 0 Å². The molecule has 0 spiro atoms. The number of rotatable bonds is 1. The van der Waals surface area contributed by atoms with Gasteiger partial charge in [-0.25, -0.2) is 0 Å². The number of benzene rings is 1. The van der Waals surface area contributed by atoms with Crippen LogP contribution < -0.4 is 0 Å². The van der Waals surface area contributed by atoms with Gasteiger partial charge in [0.1, 0.15) is 5.75 Å². The summed E-state index contributed by atoms with van der Waals surface area (Å²) in [5, 5.41) is 19.0. The van der Waals surface area contributed by atoms with Crippen LogP contribution >= 0.6 is 0 Å². The van der Waals surface area contributed by atoms with E-state index in [1.165, 1.54) is 0 Å². The summed E-state index contributed by atoms with van der Waals surface area (Å²) in [5.74, 6) is 0.159. The van der Waals surface area contributed by atoms with Gasteiger partial charge in [-0.05, 0) is 18.2 Å². The normalized spacial score (nSPS) is 9.93. The van der Waals surface area contributed by atoms with Crippen LogP contribution in [0.5, 0.6) is 5.75 Å². The molecule has 0 saturated carbocycles. The molecule has 1 heterocycles. The lowest BCUT2D eigenvalue weighted by atomic mass is 10.1. The van der Waals surface area contributed by atoms with E-state index in [-0.39, 0.29) is 12.2 Å². The molecule has 1 N–H and O–H groups in total. The Bertz CT molecular complexity index is 514. The van der Waals surface area contributed by atoms with Crippen molar-refractivity contribution in [1.82, 2.24) is 4.98 Å². The average molecular weight is 184 g/mol. The first-order valence-electron chi connectivity index (χ1n) is 4.25. The fourth-order valence-electron chi connectivity index (χ4n) is 1.38. The maximum absolute atomic E-state index is 9.56. The molecule has 0 fully saturated rings. The molecule has 14 heavy (non-hydrogen) atoms. The van der Waals surface area contributed by atoms with E-state index in [1.54, 1.807) is 18.3 Å². The zero-order valence-electron chi connectivity index (χ0n) is 7.44. The van der Waals surface area contributed by atoms with Gasteiger partial charge in [-0.1, -0.05) is 6.07 Å². The Kier molecular flexibility index (Phi) is 2.04. The van der Waals surface area contributed by atoms with E-state index in [9.17, 15) is 5.11 Å². The maximum atomic E-state index is 9.56. The van der Waals surface area contributed by atoms with Gasteiger partial charge in [0.25, 0.3) is 0 Å². The molecule has 0 saturated heterocycles. The van der Waals surface area contributed by atoms with E-state index in [0.29, 0.717) is 5.56 Å². The summed E-state index contributed by atoms with van der Waals surface area (Å²) < 4.78 is 0. The van der Waals surface area contributed by atoms with E-state index in [4.69, 9.17) is 5.26 Å². The van der Waals surface area contributed by atoms with E-state index >= 15 is 0 Å². The van der Waals surface area contributed by atoms with Crippen molar-refractivity contribution in [2.24, 2.45) is 0 Å². The Morgan fingerprint density at radius 3 is 3.07 bits per heavy atom. The molecule has 0 unspecified atom stereocenters. The summed E-state index contributed by atoms with van der Waals surface area (Å²) in [6, 6.07) is 9.06. The van der Waals surface area contributed by atoms with Crippen molar-refractivity contribution in [2.75, 3.05) is 0 Å². The van der Waals surface area contributed by atoms with E-state index in [2.05, 4.69) is 4.98 Å². The number of fused-ring (bicyclic) bond motifs is 1. The molecular formula is C11H8N2O. The van der Waals surface area contributed by atoms with Crippen molar-refractivity contribution >= 4 is 10.9 Å². The summed E-state index contributed by atoms with van der Waals surface area (Å²) in [6.45, 7) is 0. The molecule has 2 aromatic rings. The van der Waals surface area contributed by atoms with Crippen LogP contribution in [0.15, 0.2) is 30.5 Å². The third kappa shape index (κ3) is 1.38. The van der Waals surface area contributed by atoms with Gasteiger partial charge in [-0.3, -0.25) is 4.98 Å². The standard InChI is InChI=1S/C11H8N2O/c12-4-3-9-6-10-8(7-11(9)14)2-1-5-13-10/h1-2,5-7,14H,3H2. The molecule has 0 radical (unpaired) electrons. The summed E-state index contributed by atoms with van der Waals surface area (Å²) >= 11 is 0. The Morgan fingerprint density at radius 2 is 2.29 bits per heavy atom. The highest BCUT2D eigenvalue weighted by Gasteiger charge is 2.03. The number of hydrogen-bond acceptors (Lipinski definition) is 3. The van der Waals surface area contributed by atoms with Gasteiger partial charge in [0.15, 0.2) is 0 Å². The Balaban J connectivity index is 2.66.